The number of hydrogen-bond donors (Lipinski definition) is 1. The van der Waals surface area contributed by atoms with Gasteiger partial charge in [-0.2, -0.15) is 0 Å². The molecule has 0 atom stereocenters. The quantitative estimate of drug-likeness (QED) is 0.773. The van der Waals surface area contributed by atoms with Crippen LogP contribution < -0.4 is 5.32 Å². The van der Waals surface area contributed by atoms with E-state index in [4.69, 9.17) is 0 Å². The standard InChI is InChI=1S/C14H10BrN3/c15-11-6-12(8-17-7-11)18-14-3-1-2-10-4-5-16-9-13(10)14/h1-9,18H. The van der Waals surface area contributed by atoms with Crippen molar-refractivity contribution in [1.82, 2.24) is 9.97 Å². The number of benzene rings is 1. The van der Waals surface area contributed by atoms with Gasteiger partial charge in [-0.3, -0.25) is 9.97 Å². The summed E-state index contributed by atoms with van der Waals surface area (Å²) in [5.74, 6) is 0. The average Bonchev–Trinajstić information content (AvgIpc) is 2.39. The number of anilines is 2. The van der Waals surface area contributed by atoms with Gasteiger partial charge in [-0.15, -0.1) is 0 Å². The molecule has 2 heterocycles. The van der Waals surface area contributed by atoms with E-state index in [2.05, 4.69) is 37.3 Å². The predicted octanol–water partition coefficient (Wildman–Crippen LogP) is 4.14. The minimum absolute atomic E-state index is 0.945. The zero-order chi connectivity index (χ0) is 12.4. The largest absolute Gasteiger partial charge is 0.354 e. The molecule has 18 heavy (non-hydrogen) atoms. The zero-order valence-electron chi connectivity index (χ0n) is 9.47. The van der Waals surface area contributed by atoms with Gasteiger partial charge in [0, 0.05) is 34.1 Å². The molecule has 0 spiro atoms. The SMILES string of the molecule is Brc1cncc(Nc2cccc3ccncc23)c1. The van der Waals surface area contributed by atoms with Crippen LogP contribution in [0.1, 0.15) is 0 Å². The third-order valence-corrected chi connectivity index (χ3v) is 3.10. The average molecular weight is 300 g/mol. The van der Waals surface area contributed by atoms with E-state index in [1.54, 1.807) is 18.6 Å². The number of rotatable bonds is 2. The minimum Gasteiger partial charge on any atom is -0.354 e. The van der Waals surface area contributed by atoms with Crippen molar-refractivity contribution in [1.29, 1.82) is 0 Å². The summed E-state index contributed by atoms with van der Waals surface area (Å²) < 4.78 is 0.950. The molecule has 88 valence electrons. The molecule has 0 radical (unpaired) electrons. The molecule has 0 saturated carbocycles. The van der Waals surface area contributed by atoms with Crippen LogP contribution in [-0.4, -0.2) is 9.97 Å². The summed E-state index contributed by atoms with van der Waals surface area (Å²) in [7, 11) is 0. The molecule has 1 N–H and O–H groups in total. The van der Waals surface area contributed by atoms with Gasteiger partial charge in [0.1, 0.15) is 0 Å². The first-order chi connectivity index (χ1) is 8.83. The van der Waals surface area contributed by atoms with Gasteiger partial charge in [0.15, 0.2) is 0 Å². The fourth-order valence-electron chi connectivity index (χ4n) is 1.86. The van der Waals surface area contributed by atoms with Crippen LogP contribution in [0.3, 0.4) is 0 Å². The normalized spacial score (nSPS) is 10.5. The molecular formula is C14H10BrN3. The number of halogens is 1. The Hall–Kier alpha value is -1.94. The van der Waals surface area contributed by atoms with Crippen molar-refractivity contribution in [3.8, 4) is 0 Å². The lowest BCUT2D eigenvalue weighted by Crippen LogP contribution is -1.92. The van der Waals surface area contributed by atoms with Gasteiger partial charge >= 0.3 is 0 Å². The number of hydrogen-bond acceptors (Lipinski definition) is 3. The molecule has 3 aromatic rings. The van der Waals surface area contributed by atoms with Crippen LogP contribution in [0.5, 0.6) is 0 Å². The van der Waals surface area contributed by atoms with Crippen LogP contribution in [0.25, 0.3) is 10.8 Å². The Morgan fingerprint density at radius 1 is 1.00 bits per heavy atom. The van der Waals surface area contributed by atoms with Gasteiger partial charge in [0.05, 0.1) is 11.9 Å². The van der Waals surface area contributed by atoms with E-state index < -0.39 is 0 Å². The highest BCUT2D eigenvalue weighted by Gasteiger charge is 2.01. The molecule has 4 heteroatoms. The summed E-state index contributed by atoms with van der Waals surface area (Å²) in [6.07, 6.45) is 7.21. The molecule has 0 fully saturated rings. The molecule has 3 nitrogen and oxygen atoms in total. The number of fused-ring (bicyclic) bond motifs is 1. The van der Waals surface area contributed by atoms with Crippen LogP contribution in [0.4, 0.5) is 11.4 Å². The first kappa shape index (κ1) is 11.2. The lowest BCUT2D eigenvalue weighted by atomic mass is 10.1. The highest BCUT2D eigenvalue weighted by atomic mass is 79.9. The van der Waals surface area contributed by atoms with Crippen LogP contribution in [0.15, 0.2) is 59.6 Å². The maximum absolute atomic E-state index is 4.17. The molecule has 0 aliphatic carbocycles. The van der Waals surface area contributed by atoms with Gasteiger partial charge in [-0.25, -0.2) is 0 Å². The number of pyridine rings is 2. The summed E-state index contributed by atoms with van der Waals surface area (Å²) in [5.41, 5.74) is 1.97. The van der Waals surface area contributed by atoms with E-state index in [1.807, 2.05) is 30.5 Å². The molecule has 2 aromatic heterocycles. The molecule has 0 bridgehead atoms. The summed E-state index contributed by atoms with van der Waals surface area (Å²) in [5, 5.41) is 5.62. The first-order valence-corrected chi connectivity index (χ1v) is 6.32. The molecule has 0 saturated heterocycles. The van der Waals surface area contributed by atoms with Crippen molar-refractivity contribution in [2.75, 3.05) is 5.32 Å². The third-order valence-electron chi connectivity index (χ3n) is 2.67. The van der Waals surface area contributed by atoms with Crippen LogP contribution in [0, 0.1) is 0 Å². The van der Waals surface area contributed by atoms with Gasteiger partial charge in [0.2, 0.25) is 0 Å². The van der Waals surface area contributed by atoms with Crippen LogP contribution in [-0.2, 0) is 0 Å². The van der Waals surface area contributed by atoms with E-state index in [1.165, 1.54) is 0 Å². The minimum atomic E-state index is 0.945. The van der Waals surface area contributed by atoms with E-state index in [-0.39, 0.29) is 0 Å². The highest BCUT2D eigenvalue weighted by Crippen LogP contribution is 2.26. The smallest absolute Gasteiger partial charge is 0.0582 e. The van der Waals surface area contributed by atoms with E-state index >= 15 is 0 Å². The first-order valence-electron chi connectivity index (χ1n) is 5.53. The van der Waals surface area contributed by atoms with Gasteiger partial charge < -0.3 is 5.32 Å². The molecule has 0 aliphatic heterocycles. The fraction of sp³-hybridized carbons (Fsp3) is 0. The van der Waals surface area contributed by atoms with Gasteiger partial charge in [-0.1, -0.05) is 12.1 Å². The van der Waals surface area contributed by atoms with E-state index in [0.717, 1.165) is 26.6 Å². The Labute approximate surface area is 113 Å². The van der Waals surface area contributed by atoms with Crippen molar-refractivity contribution < 1.29 is 0 Å². The second kappa shape index (κ2) is 4.74. The Bertz CT molecular complexity index is 692. The van der Waals surface area contributed by atoms with Crippen molar-refractivity contribution in [3.05, 3.63) is 59.6 Å². The number of aromatic nitrogens is 2. The Morgan fingerprint density at radius 3 is 2.83 bits per heavy atom. The van der Waals surface area contributed by atoms with Gasteiger partial charge in [-0.05, 0) is 39.5 Å². The van der Waals surface area contributed by atoms with Crippen molar-refractivity contribution in [3.63, 3.8) is 0 Å². The highest BCUT2D eigenvalue weighted by molar-refractivity contribution is 9.10. The van der Waals surface area contributed by atoms with Crippen LogP contribution in [0.2, 0.25) is 0 Å². The number of nitrogens with one attached hydrogen (secondary N) is 1. The Morgan fingerprint density at radius 2 is 1.94 bits per heavy atom. The second-order valence-electron chi connectivity index (χ2n) is 3.92. The number of nitrogens with zero attached hydrogens (tertiary/aromatic N) is 2. The molecule has 0 unspecified atom stereocenters. The topological polar surface area (TPSA) is 37.8 Å². The lowest BCUT2D eigenvalue weighted by Gasteiger charge is -2.09. The molecule has 1 aromatic carbocycles. The maximum Gasteiger partial charge on any atom is 0.0582 e. The lowest BCUT2D eigenvalue weighted by molar-refractivity contribution is 1.30. The Kier molecular flexibility index (Phi) is 2.94. The maximum atomic E-state index is 4.17. The van der Waals surface area contributed by atoms with Gasteiger partial charge in [0.25, 0.3) is 0 Å². The summed E-state index contributed by atoms with van der Waals surface area (Å²) in [6.45, 7) is 0. The van der Waals surface area contributed by atoms with Crippen LogP contribution >= 0.6 is 15.9 Å². The van der Waals surface area contributed by atoms with Crippen molar-refractivity contribution >= 4 is 38.1 Å². The summed E-state index contributed by atoms with van der Waals surface area (Å²) >= 11 is 3.41. The van der Waals surface area contributed by atoms with E-state index in [9.17, 15) is 0 Å². The molecule has 3 rings (SSSR count). The summed E-state index contributed by atoms with van der Waals surface area (Å²) in [6, 6.07) is 10.1. The third kappa shape index (κ3) is 2.19. The monoisotopic (exact) mass is 299 g/mol. The van der Waals surface area contributed by atoms with E-state index in [0.29, 0.717) is 0 Å². The van der Waals surface area contributed by atoms with Crippen molar-refractivity contribution in [2.24, 2.45) is 0 Å². The molecule has 0 aliphatic rings. The van der Waals surface area contributed by atoms with Crippen molar-refractivity contribution in [2.45, 2.75) is 0 Å². The summed E-state index contributed by atoms with van der Waals surface area (Å²) in [4.78, 5) is 8.30. The predicted molar refractivity (Wildman–Crippen MR) is 77.0 cm³/mol. The molecular weight excluding hydrogens is 290 g/mol. The second-order valence-corrected chi connectivity index (χ2v) is 4.83. The Balaban J connectivity index is 2.05. The zero-order valence-corrected chi connectivity index (χ0v) is 11.1. The molecule has 0 amide bonds. The fourth-order valence-corrected chi connectivity index (χ4v) is 2.22.